The van der Waals surface area contributed by atoms with Crippen molar-refractivity contribution in [1.82, 2.24) is 14.3 Å². The van der Waals surface area contributed by atoms with Gasteiger partial charge < -0.3 is 18.9 Å². The summed E-state index contributed by atoms with van der Waals surface area (Å²) in [6.07, 6.45) is 4.36. The van der Waals surface area contributed by atoms with Gasteiger partial charge in [0.15, 0.2) is 5.69 Å². The molecule has 144 valence electrons. The average Bonchev–Trinajstić information content (AvgIpc) is 3.54. The van der Waals surface area contributed by atoms with Crippen molar-refractivity contribution < 1.29 is 9.53 Å². The van der Waals surface area contributed by atoms with Crippen LogP contribution in [0.5, 0.6) is 5.75 Å². The number of carbonyl (C=O) groups is 1. The van der Waals surface area contributed by atoms with Gasteiger partial charge in [-0.2, -0.15) is 0 Å². The fraction of sp³-hybridized carbons (Fsp3) is 0.364. The lowest BCUT2D eigenvalue weighted by Gasteiger charge is -2.36. The van der Waals surface area contributed by atoms with Crippen LogP contribution < -0.4 is 9.64 Å². The van der Waals surface area contributed by atoms with Crippen LogP contribution in [0.1, 0.15) is 35.1 Å². The summed E-state index contributed by atoms with van der Waals surface area (Å²) < 4.78 is 7.33. The molecule has 6 heteroatoms. The van der Waals surface area contributed by atoms with Crippen LogP contribution in [-0.4, -0.2) is 53.5 Å². The molecule has 1 aromatic carbocycles. The second-order valence-electron chi connectivity index (χ2n) is 7.53. The predicted molar refractivity (Wildman–Crippen MR) is 108 cm³/mol. The SMILES string of the molecule is COc1ccc(N2CCN(C(=O)c3nc(C4CC4)n4ccccc34)CC2)cc1. The van der Waals surface area contributed by atoms with Crippen molar-refractivity contribution >= 4 is 17.1 Å². The van der Waals surface area contributed by atoms with Crippen LogP contribution >= 0.6 is 0 Å². The number of amides is 1. The Balaban J connectivity index is 1.33. The van der Waals surface area contributed by atoms with E-state index in [1.54, 1.807) is 7.11 Å². The molecule has 2 aromatic heterocycles. The molecule has 1 saturated carbocycles. The van der Waals surface area contributed by atoms with Gasteiger partial charge in [0.1, 0.15) is 11.6 Å². The Bertz CT molecular complexity index is 999. The lowest BCUT2D eigenvalue weighted by atomic mass is 10.2. The summed E-state index contributed by atoms with van der Waals surface area (Å²) in [5, 5.41) is 0. The normalized spacial score (nSPS) is 17.2. The zero-order chi connectivity index (χ0) is 19.1. The number of anilines is 1. The average molecular weight is 376 g/mol. The van der Waals surface area contributed by atoms with E-state index in [2.05, 4.69) is 21.4 Å². The molecular formula is C22H24N4O2. The number of pyridine rings is 1. The zero-order valence-corrected chi connectivity index (χ0v) is 16.0. The summed E-state index contributed by atoms with van der Waals surface area (Å²) >= 11 is 0. The number of fused-ring (bicyclic) bond motifs is 1. The van der Waals surface area contributed by atoms with Gasteiger partial charge >= 0.3 is 0 Å². The van der Waals surface area contributed by atoms with Gasteiger partial charge in [-0.15, -0.1) is 0 Å². The molecule has 1 aliphatic heterocycles. The van der Waals surface area contributed by atoms with Crippen molar-refractivity contribution in [2.24, 2.45) is 0 Å². The summed E-state index contributed by atoms with van der Waals surface area (Å²) in [4.78, 5) is 22.2. The number of hydrogen-bond donors (Lipinski definition) is 0. The Labute approximate surface area is 164 Å². The molecule has 0 atom stereocenters. The van der Waals surface area contributed by atoms with Gasteiger partial charge in [-0.1, -0.05) is 6.07 Å². The van der Waals surface area contributed by atoms with Gasteiger partial charge in [0, 0.05) is 44.0 Å². The molecule has 3 aromatic rings. The Hall–Kier alpha value is -3.02. The molecule has 0 spiro atoms. The summed E-state index contributed by atoms with van der Waals surface area (Å²) in [6.45, 7) is 3.05. The molecule has 5 rings (SSSR count). The van der Waals surface area contributed by atoms with E-state index in [4.69, 9.17) is 9.72 Å². The predicted octanol–water partition coefficient (Wildman–Crippen LogP) is 3.18. The first-order valence-electron chi connectivity index (χ1n) is 9.90. The summed E-state index contributed by atoms with van der Waals surface area (Å²) in [7, 11) is 1.67. The second-order valence-corrected chi connectivity index (χ2v) is 7.53. The first-order valence-corrected chi connectivity index (χ1v) is 9.90. The highest BCUT2D eigenvalue weighted by Crippen LogP contribution is 2.40. The number of piperazine rings is 1. The van der Waals surface area contributed by atoms with Crippen molar-refractivity contribution in [3.63, 3.8) is 0 Å². The standard InChI is InChI=1S/C22H24N4O2/c1-28-18-9-7-17(8-10-18)24-12-14-25(15-13-24)22(27)20-19-4-2-3-11-26(19)21(23-20)16-5-6-16/h2-4,7-11,16H,5-6,12-15H2,1H3. The van der Waals surface area contributed by atoms with E-state index in [-0.39, 0.29) is 5.91 Å². The molecule has 0 radical (unpaired) electrons. The summed E-state index contributed by atoms with van der Waals surface area (Å²) in [6, 6.07) is 14.1. The second kappa shape index (κ2) is 6.86. The first-order chi connectivity index (χ1) is 13.7. The largest absolute Gasteiger partial charge is 0.497 e. The highest BCUT2D eigenvalue weighted by molar-refractivity contribution is 5.99. The third-order valence-corrected chi connectivity index (χ3v) is 5.73. The summed E-state index contributed by atoms with van der Waals surface area (Å²) in [5.74, 6) is 2.44. The van der Waals surface area contributed by atoms with Gasteiger partial charge in [0.05, 0.1) is 12.6 Å². The van der Waals surface area contributed by atoms with Gasteiger partial charge in [0.25, 0.3) is 5.91 Å². The number of ether oxygens (including phenoxy) is 1. The van der Waals surface area contributed by atoms with Crippen LogP contribution in [0.3, 0.4) is 0 Å². The first kappa shape index (κ1) is 17.1. The van der Waals surface area contributed by atoms with E-state index in [0.717, 1.165) is 35.9 Å². The van der Waals surface area contributed by atoms with Gasteiger partial charge in [0.2, 0.25) is 0 Å². The molecule has 1 aliphatic carbocycles. The van der Waals surface area contributed by atoms with E-state index in [1.807, 2.05) is 41.4 Å². The number of carbonyl (C=O) groups excluding carboxylic acids is 1. The molecule has 28 heavy (non-hydrogen) atoms. The van der Waals surface area contributed by atoms with Crippen molar-refractivity contribution in [3.05, 3.63) is 60.2 Å². The van der Waals surface area contributed by atoms with Crippen LogP contribution in [0.15, 0.2) is 48.7 Å². The monoisotopic (exact) mass is 376 g/mol. The molecule has 2 fully saturated rings. The number of methoxy groups -OCH3 is 1. The molecule has 0 bridgehead atoms. The molecule has 6 nitrogen and oxygen atoms in total. The Morgan fingerprint density at radius 3 is 2.46 bits per heavy atom. The van der Waals surface area contributed by atoms with Crippen LogP contribution in [0, 0.1) is 0 Å². The maximum absolute atomic E-state index is 13.2. The topological polar surface area (TPSA) is 50.1 Å². The quantitative estimate of drug-likeness (QED) is 0.702. The molecule has 1 amide bonds. The van der Waals surface area contributed by atoms with E-state index in [1.165, 1.54) is 12.8 Å². The molecule has 2 aliphatic rings. The van der Waals surface area contributed by atoms with Gasteiger partial charge in [-0.05, 0) is 49.2 Å². The van der Waals surface area contributed by atoms with Crippen LogP contribution in [0.4, 0.5) is 5.69 Å². The molecular weight excluding hydrogens is 352 g/mol. The Morgan fingerprint density at radius 1 is 1.04 bits per heavy atom. The molecule has 1 saturated heterocycles. The van der Waals surface area contributed by atoms with Crippen LogP contribution in [-0.2, 0) is 0 Å². The maximum Gasteiger partial charge on any atom is 0.274 e. The number of rotatable bonds is 4. The maximum atomic E-state index is 13.2. The number of benzene rings is 1. The molecule has 3 heterocycles. The fourth-order valence-electron chi connectivity index (χ4n) is 3.96. The summed E-state index contributed by atoms with van der Waals surface area (Å²) in [5.41, 5.74) is 2.68. The van der Waals surface area contributed by atoms with Crippen molar-refractivity contribution in [2.45, 2.75) is 18.8 Å². The number of aromatic nitrogens is 2. The van der Waals surface area contributed by atoms with E-state index in [9.17, 15) is 4.79 Å². The van der Waals surface area contributed by atoms with Crippen LogP contribution in [0.25, 0.3) is 5.52 Å². The van der Waals surface area contributed by atoms with E-state index in [0.29, 0.717) is 24.7 Å². The molecule has 0 N–H and O–H groups in total. The van der Waals surface area contributed by atoms with E-state index >= 15 is 0 Å². The fourth-order valence-corrected chi connectivity index (χ4v) is 3.96. The van der Waals surface area contributed by atoms with Crippen molar-refractivity contribution in [1.29, 1.82) is 0 Å². The van der Waals surface area contributed by atoms with Crippen molar-refractivity contribution in [2.75, 3.05) is 38.2 Å². The van der Waals surface area contributed by atoms with Crippen molar-refractivity contribution in [3.8, 4) is 5.75 Å². The highest BCUT2D eigenvalue weighted by Gasteiger charge is 2.32. The number of nitrogens with zero attached hydrogens (tertiary/aromatic N) is 4. The lowest BCUT2D eigenvalue weighted by molar-refractivity contribution is 0.0743. The van der Waals surface area contributed by atoms with E-state index < -0.39 is 0 Å². The number of imidazole rings is 1. The highest BCUT2D eigenvalue weighted by atomic mass is 16.5. The minimum atomic E-state index is 0.0463. The van der Waals surface area contributed by atoms with Gasteiger partial charge in [-0.3, -0.25) is 4.79 Å². The van der Waals surface area contributed by atoms with Gasteiger partial charge in [-0.25, -0.2) is 4.98 Å². The Kier molecular flexibility index (Phi) is 4.19. The smallest absolute Gasteiger partial charge is 0.274 e. The minimum absolute atomic E-state index is 0.0463. The minimum Gasteiger partial charge on any atom is -0.497 e. The third kappa shape index (κ3) is 2.99. The van der Waals surface area contributed by atoms with Crippen LogP contribution in [0.2, 0.25) is 0 Å². The Morgan fingerprint density at radius 2 is 1.79 bits per heavy atom. The zero-order valence-electron chi connectivity index (χ0n) is 16.0. The number of hydrogen-bond acceptors (Lipinski definition) is 4. The molecule has 0 unspecified atom stereocenters. The third-order valence-electron chi connectivity index (χ3n) is 5.73. The lowest BCUT2D eigenvalue weighted by Crippen LogP contribution is -2.48.